The minimum atomic E-state index is -0.0352. The van der Waals surface area contributed by atoms with Crippen molar-refractivity contribution in [3.05, 3.63) is 45.2 Å². The molecule has 3 aromatic rings. The van der Waals surface area contributed by atoms with Crippen LogP contribution in [0.4, 0.5) is 5.69 Å². The minimum absolute atomic E-state index is 0.0213. The summed E-state index contributed by atoms with van der Waals surface area (Å²) in [5, 5.41) is 22.3. The Morgan fingerprint density at radius 2 is 2.13 bits per heavy atom. The average Bonchev–Trinajstić information content (AvgIpc) is 3.34. The number of aryl methyl sites for hydroxylation is 1. The van der Waals surface area contributed by atoms with E-state index in [-0.39, 0.29) is 18.7 Å². The standard InChI is InChI=1S/C21H26BrN5O3/c1-12-6-18-21(25-26-27(18)16(11-30-3)4-5-29-2)20(23-12)17-9-13-7-15(22)8-14(10-28)19(13)24-17/h6-8,16-17,24,28H,4-5,9-11H2,1-3H3. The van der Waals surface area contributed by atoms with Gasteiger partial charge in [0.2, 0.25) is 0 Å². The van der Waals surface area contributed by atoms with E-state index < -0.39 is 0 Å². The van der Waals surface area contributed by atoms with Crippen LogP contribution < -0.4 is 5.32 Å². The lowest BCUT2D eigenvalue weighted by Gasteiger charge is -2.17. The van der Waals surface area contributed by atoms with Gasteiger partial charge in [0.1, 0.15) is 5.52 Å². The number of methoxy groups -OCH3 is 2. The summed E-state index contributed by atoms with van der Waals surface area (Å²) in [6.07, 6.45) is 1.55. The predicted octanol–water partition coefficient (Wildman–Crippen LogP) is 3.32. The zero-order valence-electron chi connectivity index (χ0n) is 17.4. The van der Waals surface area contributed by atoms with Gasteiger partial charge in [-0.25, -0.2) is 4.68 Å². The van der Waals surface area contributed by atoms with Crippen molar-refractivity contribution < 1.29 is 14.6 Å². The monoisotopic (exact) mass is 475 g/mol. The molecule has 8 nitrogen and oxygen atoms in total. The smallest absolute Gasteiger partial charge is 0.136 e. The number of aliphatic hydroxyl groups excluding tert-OH is 1. The molecule has 1 aromatic carbocycles. The van der Waals surface area contributed by atoms with Crippen molar-refractivity contribution in [2.75, 3.05) is 32.8 Å². The van der Waals surface area contributed by atoms with Crippen molar-refractivity contribution in [2.45, 2.75) is 38.5 Å². The van der Waals surface area contributed by atoms with E-state index in [9.17, 15) is 5.11 Å². The Morgan fingerprint density at radius 1 is 1.30 bits per heavy atom. The molecule has 0 aliphatic carbocycles. The Morgan fingerprint density at radius 3 is 2.87 bits per heavy atom. The Bertz CT molecular complexity index is 1050. The van der Waals surface area contributed by atoms with E-state index in [0.717, 1.165) is 56.5 Å². The molecule has 0 fully saturated rings. The molecule has 2 aromatic heterocycles. The van der Waals surface area contributed by atoms with Gasteiger partial charge in [-0.05, 0) is 37.1 Å². The highest BCUT2D eigenvalue weighted by atomic mass is 79.9. The van der Waals surface area contributed by atoms with Gasteiger partial charge in [-0.15, -0.1) is 5.10 Å². The highest BCUT2D eigenvalue weighted by molar-refractivity contribution is 9.10. The van der Waals surface area contributed by atoms with Gasteiger partial charge in [0.15, 0.2) is 0 Å². The Kier molecular flexibility index (Phi) is 6.33. The number of nitrogens with one attached hydrogen (secondary N) is 1. The zero-order valence-corrected chi connectivity index (χ0v) is 18.9. The lowest BCUT2D eigenvalue weighted by atomic mass is 10.0. The van der Waals surface area contributed by atoms with Crippen LogP contribution in [0.3, 0.4) is 0 Å². The van der Waals surface area contributed by atoms with Gasteiger partial charge in [-0.2, -0.15) is 0 Å². The number of halogens is 1. The number of nitrogens with zero attached hydrogens (tertiary/aromatic N) is 4. The van der Waals surface area contributed by atoms with Crippen molar-refractivity contribution in [1.82, 2.24) is 20.0 Å². The summed E-state index contributed by atoms with van der Waals surface area (Å²) in [6, 6.07) is 6.04. The molecule has 0 saturated heterocycles. The van der Waals surface area contributed by atoms with Crippen LogP contribution >= 0.6 is 15.9 Å². The number of fused-ring (bicyclic) bond motifs is 2. The van der Waals surface area contributed by atoms with Gasteiger partial charge in [0.05, 0.1) is 36.5 Å². The molecule has 1 aliphatic heterocycles. The van der Waals surface area contributed by atoms with E-state index in [0.29, 0.717) is 13.2 Å². The molecular formula is C21H26BrN5O3. The second kappa shape index (κ2) is 8.97. The number of aromatic nitrogens is 4. The first-order chi connectivity index (χ1) is 14.5. The van der Waals surface area contributed by atoms with Crippen LogP contribution in [0.2, 0.25) is 0 Å². The summed E-state index contributed by atoms with van der Waals surface area (Å²) < 4.78 is 13.6. The van der Waals surface area contributed by atoms with Crippen molar-refractivity contribution in [3.8, 4) is 0 Å². The van der Waals surface area contributed by atoms with Crippen LogP contribution in [0.5, 0.6) is 0 Å². The molecule has 2 unspecified atom stereocenters. The molecule has 0 spiro atoms. The second-order valence-corrected chi connectivity index (χ2v) is 8.52. The van der Waals surface area contributed by atoms with Crippen LogP contribution in [0.1, 0.15) is 41.0 Å². The number of anilines is 1. The van der Waals surface area contributed by atoms with Gasteiger partial charge in [0, 0.05) is 48.7 Å². The minimum Gasteiger partial charge on any atom is -0.392 e. The number of hydrogen-bond acceptors (Lipinski definition) is 7. The lowest BCUT2D eigenvalue weighted by Crippen LogP contribution is -2.18. The third-order valence-corrected chi connectivity index (χ3v) is 5.94. The van der Waals surface area contributed by atoms with Gasteiger partial charge in [-0.3, -0.25) is 4.98 Å². The zero-order chi connectivity index (χ0) is 21.3. The Balaban J connectivity index is 1.73. The molecule has 9 heteroatoms. The first-order valence-corrected chi connectivity index (χ1v) is 10.7. The third-order valence-electron chi connectivity index (χ3n) is 5.49. The molecule has 160 valence electrons. The van der Waals surface area contributed by atoms with Gasteiger partial charge in [-0.1, -0.05) is 21.1 Å². The summed E-state index contributed by atoms with van der Waals surface area (Å²) in [4.78, 5) is 4.82. The highest BCUT2D eigenvalue weighted by Crippen LogP contribution is 2.39. The van der Waals surface area contributed by atoms with E-state index in [2.05, 4.69) is 37.6 Å². The van der Waals surface area contributed by atoms with Crippen molar-refractivity contribution in [3.63, 3.8) is 0 Å². The number of aliphatic hydroxyl groups is 1. The molecule has 0 amide bonds. The lowest BCUT2D eigenvalue weighted by molar-refractivity contribution is 0.117. The van der Waals surface area contributed by atoms with Crippen LogP contribution in [0, 0.1) is 6.92 Å². The van der Waals surface area contributed by atoms with Gasteiger partial charge < -0.3 is 19.9 Å². The van der Waals surface area contributed by atoms with Crippen LogP contribution in [0.25, 0.3) is 11.0 Å². The fraction of sp³-hybridized carbons (Fsp3) is 0.476. The van der Waals surface area contributed by atoms with Crippen LogP contribution in [-0.4, -0.2) is 52.5 Å². The summed E-state index contributed by atoms with van der Waals surface area (Å²) in [7, 11) is 3.38. The van der Waals surface area contributed by atoms with Crippen molar-refractivity contribution in [2.24, 2.45) is 0 Å². The Hall–Kier alpha value is -2.07. The van der Waals surface area contributed by atoms with E-state index >= 15 is 0 Å². The van der Waals surface area contributed by atoms with E-state index in [1.165, 1.54) is 0 Å². The number of benzene rings is 1. The highest BCUT2D eigenvalue weighted by Gasteiger charge is 2.29. The molecule has 0 saturated carbocycles. The maximum atomic E-state index is 9.76. The first-order valence-electron chi connectivity index (χ1n) is 9.94. The number of pyridine rings is 1. The molecule has 0 bridgehead atoms. The fourth-order valence-electron chi connectivity index (χ4n) is 4.13. The molecule has 0 radical (unpaired) electrons. The molecule has 30 heavy (non-hydrogen) atoms. The van der Waals surface area contributed by atoms with Crippen molar-refractivity contribution in [1.29, 1.82) is 0 Å². The molecule has 1 aliphatic rings. The number of rotatable bonds is 8. The number of ether oxygens (including phenoxy) is 2. The summed E-state index contributed by atoms with van der Waals surface area (Å²) in [5.41, 5.74) is 6.51. The van der Waals surface area contributed by atoms with Crippen molar-refractivity contribution >= 4 is 32.7 Å². The maximum Gasteiger partial charge on any atom is 0.136 e. The SMILES string of the molecule is COCCC(COC)n1nnc2c(C3Cc4cc(Br)cc(CO)c4N3)nc(C)cc21. The molecule has 2 atom stereocenters. The quantitative estimate of drug-likeness (QED) is 0.515. The van der Waals surface area contributed by atoms with Gasteiger partial charge in [0.25, 0.3) is 0 Å². The second-order valence-electron chi connectivity index (χ2n) is 7.60. The summed E-state index contributed by atoms with van der Waals surface area (Å²) >= 11 is 3.54. The summed E-state index contributed by atoms with van der Waals surface area (Å²) in [6.45, 7) is 3.11. The summed E-state index contributed by atoms with van der Waals surface area (Å²) in [5.74, 6) is 0. The predicted molar refractivity (Wildman–Crippen MR) is 118 cm³/mol. The number of hydrogen-bond donors (Lipinski definition) is 2. The van der Waals surface area contributed by atoms with E-state index in [1.807, 2.05) is 23.7 Å². The topological polar surface area (TPSA) is 94.3 Å². The van der Waals surface area contributed by atoms with Gasteiger partial charge >= 0.3 is 0 Å². The molecular weight excluding hydrogens is 450 g/mol. The molecule has 4 rings (SSSR count). The fourth-order valence-corrected chi connectivity index (χ4v) is 4.69. The van der Waals surface area contributed by atoms with Crippen LogP contribution in [-0.2, 0) is 22.5 Å². The largest absolute Gasteiger partial charge is 0.392 e. The average molecular weight is 476 g/mol. The van der Waals surface area contributed by atoms with E-state index in [1.54, 1.807) is 14.2 Å². The Labute approximate surface area is 183 Å². The maximum absolute atomic E-state index is 9.76. The molecule has 3 heterocycles. The normalized spacial score (nSPS) is 16.6. The third kappa shape index (κ3) is 3.94. The van der Waals surface area contributed by atoms with E-state index in [4.69, 9.17) is 14.5 Å². The first kappa shape index (κ1) is 21.2. The molecule has 2 N–H and O–H groups in total. The van der Waals surface area contributed by atoms with Crippen LogP contribution in [0.15, 0.2) is 22.7 Å².